The van der Waals surface area contributed by atoms with Gasteiger partial charge in [0.2, 0.25) is 0 Å². The Morgan fingerprint density at radius 3 is 2.32 bits per heavy atom. The normalized spacial score (nSPS) is 18.1. The van der Waals surface area contributed by atoms with Crippen LogP contribution in [0.1, 0.15) is 24.0 Å². The lowest BCUT2D eigenvalue weighted by atomic mass is 9.96. The van der Waals surface area contributed by atoms with Crippen LogP contribution in [-0.4, -0.2) is 48.6 Å². The van der Waals surface area contributed by atoms with Crippen LogP contribution in [0.3, 0.4) is 0 Å². The van der Waals surface area contributed by atoms with E-state index in [1.54, 1.807) is 0 Å². The van der Waals surface area contributed by atoms with E-state index in [-0.39, 0.29) is 6.61 Å². The van der Waals surface area contributed by atoms with Crippen molar-refractivity contribution in [1.29, 1.82) is 0 Å². The average Bonchev–Trinajstić information content (AvgIpc) is 2.42. The van der Waals surface area contributed by atoms with E-state index in [2.05, 4.69) is 36.0 Å². The molecule has 1 heterocycles. The van der Waals surface area contributed by atoms with E-state index in [0.717, 1.165) is 18.0 Å². The van der Waals surface area contributed by atoms with Crippen LogP contribution in [0.25, 0.3) is 0 Å². The van der Waals surface area contributed by atoms with Gasteiger partial charge in [0, 0.05) is 13.1 Å². The predicted molar refractivity (Wildman–Crippen MR) is 78.9 cm³/mol. The fraction of sp³-hybridized carbons (Fsp3) is 0.625. The number of aliphatic hydroxyl groups excluding tert-OH is 1. The summed E-state index contributed by atoms with van der Waals surface area (Å²) < 4.78 is 0. The number of benzene rings is 1. The summed E-state index contributed by atoms with van der Waals surface area (Å²) in [4.78, 5) is 4.84. The third kappa shape index (κ3) is 4.60. The quantitative estimate of drug-likeness (QED) is 0.878. The van der Waals surface area contributed by atoms with Gasteiger partial charge in [-0.3, -0.25) is 0 Å². The fourth-order valence-corrected chi connectivity index (χ4v) is 2.81. The van der Waals surface area contributed by atoms with Crippen molar-refractivity contribution in [2.75, 3.05) is 33.7 Å². The number of rotatable bonds is 5. The first kappa shape index (κ1) is 14.5. The highest BCUT2D eigenvalue weighted by Gasteiger charge is 2.17. The van der Waals surface area contributed by atoms with Gasteiger partial charge in [0.25, 0.3) is 0 Å². The third-order valence-electron chi connectivity index (χ3n) is 4.07. The van der Waals surface area contributed by atoms with Gasteiger partial charge in [0.05, 0.1) is 6.61 Å². The van der Waals surface area contributed by atoms with Gasteiger partial charge >= 0.3 is 0 Å². The van der Waals surface area contributed by atoms with Crippen molar-refractivity contribution in [2.24, 2.45) is 5.92 Å². The molecule has 0 amide bonds. The van der Waals surface area contributed by atoms with Gasteiger partial charge < -0.3 is 14.9 Å². The topological polar surface area (TPSA) is 26.7 Å². The molecule has 0 atom stereocenters. The Morgan fingerprint density at radius 1 is 1.16 bits per heavy atom. The second-order valence-corrected chi connectivity index (χ2v) is 5.92. The van der Waals surface area contributed by atoms with Crippen molar-refractivity contribution >= 4 is 0 Å². The van der Waals surface area contributed by atoms with Gasteiger partial charge in [-0.15, -0.1) is 0 Å². The van der Waals surface area contributed by atoms with Gasteiger partial charge in [0.15, 0.2) is 0 Å². The molecule has 1 aromatic rings. The lowest BCUT2D eigenvalue weighted by Gasteiger charge is -2.31. The van der Waals surface area contributed by atoms with Crippen LogP contribution in [0, 0.1) is 5.92 Å². The van der Waals surface area contributed by atoms with Crippen LogP contribution in [0.5, 0.6) is 0 Å². The van der Waals surface area contributed by atoms with Crippen molar-refractivity contribution in [3.05, 3.63) is 35.4 Å². The van der Waals surface area contributed by atoms with E-state index >= 15 is 0 Å². The lowest BCUT2D eigenvalue weighted by molar-refractivity contribution is 0.173. The van der Waals surface area contributed by atoms with E-state index in [1.807, 2.05) is 12.1 Å². The number of likely N-dealkylation sites (tertiary alicyclic amines) is 1. The van der Waals surface area contributed by atoms with E-state index in [9.17, 15) is 0 Å². The van der Waals surface area contributed by atoms with Gasteiger partial charge in [-0.1, -0.05) is 24.3 Å². The second kappa shape index (κ2) is 7.04. The van der Waals surface area contributed by atoms with E-state index in [0.29, 0.717) is 0 Å². The van der Waals surface area contributed by atoms with Crippen LogP contribution >= 0.6 is 0 Å². The summed E-state index contributed by atoms with van der Waals surface area (Å²) in [6, 6.07) is 8.27. The van der Waals surface area contributed by atoms with Gasteiger partial charge in [0.1, 0.15) is 0 Å². The van der Waals surface area contributed by atoms with E-state index in [1.165, 1.54) is 38.0 Å². The van der Waals surface area contributed by atoms with Crippen LogP contribution in [0.15, 0.2) is 24.3 Å². The maximum absolute atomic E-state index is 9.03. The molecule has 1 saturated heterocycles. The molecule has 3 nitrogen and oxygen atoms in total. The summed E-state index contributed by atoms with van der Waals surface area (Å²) in [7, 11) is 4.42. The van der Waals surface area contributed by atoms with E-state index < -0.39 is 0 Å². The lowest BCUT2D eigenvalue weighted by Crippen LogP contribution is -2.35. The number of hydrogen-bond donors (Lipinski definition) is 1. The van der Waals surface area contributed by atoms with Crippen molar-refractivity contribution in [3.63, 3.8) is 0 Å². The number of aliphatic hydroxyl groups is 1. The van der Waals surface area contributed by atoms with Crippen LogP contribution < -0.4 is 0 Å². The SMILES string of the molecule is CN1CCC(CN(C)Cc2ccc(CO)cc2)CC1. The molecular weight excluding hydrogens is 236 g/mol. The zero-order valence-corrected chi connectivity index (χ0v) is 12.2. The molecule has 19 heavy (non-hydrogen) atoms. The molecule has 1 aromatic carbocycles. The van der Waals surface area contributed by atoms with Crippen LogP contribution in [-0.2, 0) is 13.2 Å². The zero-order chi connectivity index (χ0) is 13.7. The number of piperidine rings is 1. The largest absolute Gasteiger partial charge is 0.392 e. The Morgan fingerprint density at radius 2 is 1.74 bits per heavy atom. The molecule has 2 rings (SSSR count). The minimum Gasteiger partial charge on any atom is -0.392 e. The summed E-state index contributed by atoms with van der Waals surface area (Å²) in [6.07, 6.45) is 2.65. The van der Waals surface area contributed by atoms with Gasteiger partial charge in [-0.25, -0.2) is 0 Å². The highest BCUT2D eigenvalue weighted by atomic mass is 16.3. The van der Waals surface area contributed by atoms with Gasteiger partial charge in [-0.2, -0.15) is 0 Å². The molecule has 0 bridgehead atoms. The van der Waals surface area contributed by atoms with Crippen molar-refractivity contribution < 1.29 is 5.11 Å². The monoisotopic (exact) mass is 262 g/mol. The smallest absolute Gasteiger partial charge is 0.0681 e. The minimum absolute atomic E-state index is 0.131. The molecular formula is C16H26N2O. The van der Waals surface area contributed by atoms with Crippen LogP contribution in [0.4, 0.5) is 0 Å². The highest BCUT2D eigenvalue weighted by molar-refractivity contribution is 5.21. The number of hydrogen-bond acceptors (Lipinski definition) is 3. The molecule has 1 aliphatic rings. The molecule has 0 unspecified atom stereocenters. The summed E-state index contributed by atoms with van der Waals surface area (Å²) in [5.74, 6) is 0.845. The average molecular weight is 262 g/mol. The number of nitrogens with zero attached hydrogens (tertiary/aromatic N) is 2. The molecule has 0 radical (unpaired) electrons. The van der Waals surface area contributed by atoms with Crippen molar-refractivity contribution in [2.45, 2.75) is 26.0 Å². The molecule has 0 spiro atoms. The molecule has 106 valence electrons. The molecule has 0 aromatic heterocycles. The first-order valence-electron chi connectivity index (χ1n) is 7.23. The van der Waals surface area contributed by atoms with Crippen molar-refractivity contribution in [3.8, 4) is 0 Å². The van der Waals surface area contributed by atoms with E-state index in [4.69, 9.17) is 5.11 Å². The summed E-state index contributed by atoms with van der Waals surface area (Å²) in [6.45, 7) is 4.80. The Balaban J connectivity index is 1.78. The summed E-state index contributed by atoms with van der Waals surface area (Å²) >= 11 is 0. The molecule has 3 heteroatoms. The molecule has 1 fully saturated rings. The minimum atomic E-state index is 0.131. The highest BCUT2D eigenvalue weighted by Crippen LogP contribution is 2.17. The van der Waals surface area contributed by atoms with Crippen molar-refractivity contribution in [1.82, 2.24) is 9.80 Å². The standard InChI is InChI=1S/C16H26N2O/c1-17-9-7-15(8-10-17)12-18(2)11-14-3-5-16(13-19)6-4-14/h3-6,15,19H,7-13H2,1-2H3. The Hall–Kier alpha value is -0.900. The Kier molecular flexibility index (Phi) is 5.37. The Bertz CT molecular complexity index is 369. The molecule has 0 saturated carbocycles. The molecule has 1 N–H and O–H groups in total. The molecule has 1 aliphatic heterocycles. The fourth-order valence-electron chi connectivity index (χ4n) is 2.81. The maximum Gasteiger partial charge on any atom is 0.0681 e. The summed E-state index contributed by atoms with van der Waals surface area (Å²) in [5.41, 5.74) is 2.31. The maximum atomic E-state index is 9.03. The third-order valence-corrected chi connectivity index (χ3v) is 4.07. The van der Waals surface area contributed by atoms with Crippen LogP contribution in [0.2, 0.25) is 0 Å². The Labute approximate surface area is 116 Å². The molecule has 0 aliphatic carbocycles. The van der Waals surface area contributed by atoms with Gasteiger partial charge in [-0.05, 0) is 57.1 Å². The zero-order valence-electron chi connectivity index (χ0n) is 12.2. The first-order valence-corrected chi connectivity index (χ1v) is 7.23. The summed E-state index contributed by atoms with van der Waals surface area (Å²) in [5, 5.41) is 9.03. The second-order valence-electron chi connectivity index (χ2n) is 5.92. The first-order chi connectivity index (χ1) is 9.17. The predicted octanol–water partition coefficient (Wildman–Crippen LogP) is 1.95.